The summed E-state index contributed by atoms with van der Waals surface area (Å²) >= 11 is 6.21. The molecule has 1 aliphatic heterocycles. The lowest BCUT2D eigenvalue weighted by Gasteiger charge is -2.31. The van der Waals surface area contributed by atoms with Gasteiger partial charge >= 0.3 is 0 Å². The summed E-state index contributed by atoms with van der Waals surface area (Å²) in [4.78, 5) is 2.35. The molecule has 2 aromatic rings. The Hall–Kier alpha value is -1.59. The van der Waals surface area contributed by atoms with Crippen LogP contribution in [0.15, 0.2) is 24.5 Å². The first kappa shape index (κ1) is 13.1. The molecule has 2 heterocycles. The topological polar surface area (TPSA) is 46.0 Å². The van der Waals surface area contributed by atoms with E-state index >= 15 is 0 Å². The summed E-state index contributed by atoms with van der Waals surface area (Å²) in [6.07, 6.45) is 4.41. The van der Waals surface area contributed by atoms with Crippen molar-refractivity contribution in [2.24, 2.45) is 0 Å². The summed E-state index contributed by atoms with van der Waals surface area (Å²) in [7, 11) is 0. The maximum Gasteiger partial charge on any atom is 0.152 e. The highest BCUT2D eigenvalue weighted by atomic mass is 35.5. The second-order valence-electron chi connectivity index (χ2n) is 5.79. The number of nitrogens with zero attached hydrogens (tertiary/aromatic N) is 4. The van der Waals surface area contributed by atoms with Crippen molar-refractivity contribution < 1.29 is 0 Å². The van der Waals surface area contributed by atoms with Crippen LogP contribution < -0.4 is 10.2 Å². The van der Waals surface area contributed by atoms with Crippen molar-refractivity contribution in [3.05, 3.63) is 40.9 Å². The number of fused-ring (bicyclic) bond motifs is 1. The minimum Gasteiger partial charge on any atom is -0.362 e. The van der Waals surface area contributed by atoms with Crippen LogP contribution in [0, 0.1) is 0 Å². The Morgan fingerprint density at radius 2 is 2.19 bits per heavy atom. The third-order valence-corrected chi connectivity index (χ3v) is 4.42. The number of benzene rings is 1. The lowest BCUT2D eigenvalue weighted by Crippen LogP contribution is -2.34. The van der Waals surface area contributed by atoms with E-state index in [0.29, 0.717) is 6.04 Å². The zero-order valence-corrected chi connectivity index (χ0v) is 12.6. The Bertz CT molecular complexity index is 649. The van der Waals surface area contributed by atoms with Crippen molar-refractivity contribution >= 4 is 17.3 Å². The third kappa shape index (κ3) is 2.76. The number of rotatable bonds is 4. The van der Waals surface area contributed by atoms with Crippen LogP contribution in [0.5, 0.6) is 0 Å². The highest BCUT2D eigenvalue weighted by molar-refractivity contribution is 6.30. The van der Waals surface area contributed by atoms with Crippen molar-refractivity contribution in [1.82, 2.24) is 20.1 Å². The van der Waals surface area contributed by atoms with E-state index in [1.807, 2.05) is 6.07 Å². The van der Waals surface area contributed by atoms with E-state index in [0.717, 1.165) is 37.0 Å². The summed E-state index contributed by atoms with van der Waals surface area (Å²) in [5.74, 6) is 1.02. The molecule has 2 aliphatic rings. The van der Waals surface area contributed by atoms with Crippen LogP contribution in [0.25, 0.3) is 0 Å². The fraction of sp³-hybridized carbons (Fsp3) is 0.467. The quantitative estimate of drug-likeness (QED) is 0.940. The molecule has 0 unspecified atom stereocenters. The summed E-state index contributed by atoms with van der Waals surface area (Å²) in [6, 6.07) is 6.88. The monoisotopic (exact) mass is 303 g/mol. The van der Waals surface area contributed by atoms with Gasteiger partial charge in [-0.1, -0.05) is 17.7 Å². The number of anilines is 1. The Labute approximate surface area is 128 Å². The molecule has 1 aliphatic carbocycles. The molecule has 1 saturated carbocycles. The number of aromatic nitrogens is 3. The van der Waals surface area contributed by atoms with Crippen molar-refractivity contribution in [2.45, 2.75) is 38.5 Å². The molecule has 0 radical (unpaired) electrons. The second kappa shape index (κ2) is 5.31. The Balaban J connectivity index is 1.59. The van der Waals surface area contributed by atoms with E-state index in [4.69, 9.17) is 11.6 Å². The van der Waals surface area contributed by atoms with E-state index in [1.165, 1.54) is 24.1 Å². The Morgan fingerprint density at radius 3 is 3.05 bits per heavy atom. The molecule has 5 nitrogen and oxygen atoms in total. The van der Waals surface area contributed by atoms with E-state index in [2.05, 4.69) is 37.1 Å². The number of hydrogen-bond acceptors (Lipinski definition) is 4. The highest BCUT2D eigenvalue weighted by Gasteiger charge is 2.23. The molecular formula is C15H18ClN5. The Morgan fingerprint density at radius 1 is 1.29 bits per heavy atom. The summed E-state index contributed by atoms with van der Waals surface area (Å²) < 4.78 is 2.11. The summed E-state index contributed by atoms with van der Waals surface area (Å²) in [6.45, 7) is 3.57. The normalized spacial score (nSPS) is 17.9. The number of hydrogen-bond donors (Lipinski definition) is 1. The van der Waals surface area contributed by atoms with Gasteiger partial charge in [0.05, 0.1) is 6.54 Å². The maximum atomic E-state index is 6.21. The van der Waals surface area contributed by atoms with Gasteiger partial charge in [-0.05, 0) is 30.5 Å². The fourth-order valence-corrected chi connectivity index (χ4v) is 2.96. The number of nitrogens with one attached hydrogen (secondary N) is 1. The minimum atomic E-state index is 0.706. The maximum absolute atomic E-state index is 6.21. The smallest absolute Gasteiger partial charge is 0.152 e. The van der Waals surface area contributed by atoms with Crippen LogP contribution in [0.2, 0.25) is 5.02 Å². The van der Waals surface area contributed by atoms with Crippen LogP contribution in [0.1, 0.15) is 24.2 Å². The average molecular weight is 304 g/mol. The van der Waals surface area contributed by atoms with Gasteiger partial charge in [0.15, 0.2) is 5.82 Å². The SMILES string of the molecule is Clc1ccc(CNC2CC2)c(N2CCn3cnnc3C2)c1. The van der Waals surface area contributed by atoms with E-state index in [-0.39, 0.29) is 0 Å². The predicted octanol–water partition coefficient (Wildman–Crippen LogP) is 2.20. The standard InChI is InChI=1S/C15H18ClN5/c16-12-2-1-11(8-17-13-3-4-13)14(7-12)20-5-6-21-10-18-19-15(21)9-20/h1-2,7,10,13,17H,3-6,8-9H2. The highest BCUT2D eigenvalue weighted by Crippen LogP contribution is 2.29. The van der Waals surface area contributed by atoms with Gasteiger partial charge in [-0.2, -0.15) is 0 Å². The molecule has 0 atom stereocenters. The van der Waals surface area contributed by atoms with E-state index in [1.54, 1.807) is 6.33 Å². The van der Waals surface area contributed by atoms with Crippen molar-refractivity contribution in [3.63, 3.8) is 0 Å². The molecule has 1 N–H and O–H groups in total. The molecule has 0 bridgehead atoms. The van der Waals surface area contributed by atoms with Crippen LogP contribution in [-0.4, -0.2) is 27.4 Å². The van der Waals surface area contributed by atoms with E-state index < -0.39 is 0 Å². The second-order valence-corrected chi connectivity index (χ2v) is 6.23. The van der Waals surface area contributed by atoms with Gasteiger partial charge in [0.1, 0.15) is 6.33 Å². The number of halogens is 1. The first-order chi connectivity index (χ1) is 10.3. The molecule has 0 spiro atoms. The molecule has 4 rings (SSSR count). The molecule has 0 amide bonds. The largest absolute Gasteiger partial charge is 0.362 e. The zero-order chi connectivity index (χ0) is 14.2. The van der Waals surface area contributed by atoms with Crippen molar-refractivity contribution in [3.8, 4) is 0 Å². The van der Waals surface area contributed by atoms with E-state index in [9.17, 15) is 0 Å². The summed E-state index contributed by atoms with van der Waals surface area (Å²) in [5, 5.41) is 12.5. The van der Waals surface area contributed by atoms with Crippen LogP contribution in [-0.2, 0) is 19.6 Å². The van der Waals surface area contributed by atoms with Gasteiger partial charge in [0.25, 0.3) is 0 Å². The van der Waals surface area contributed by atoms with Crippen molar-refractivity contribution in [2.75, 3.05) is 11.4 Å². The first-order valence-corrected chi connectivity index (χ1v) is 7.81. The van der Waals surface area contributed by atoms with Crippen molar-refractivity contribution in [1.29, 1.82) is 0 Å². The van der Waals surface area contributed by atoms with Gasteiger partial charge in [-0.3, -0.25) is 0 Å². The van der Waals surface area contributed by atoms with Gasteiger partial charge in [-0.15, -0.1) is 10.2 Å². The zero-order valence-electron chi connectivity index (χ0n) is 11.8. The molecule has 1 aromatic heterocycles. The lowest BCUT2D eigenvalue weighted by molar-refractivity contribution is 0.557. The Kier molecular flexibility index (Phi) is 3.31. The van der Waals surface area contributed by atoms with Crippen LogP contribution in [0.3, 0.4) is 0 Å². The molecule has 6 heteroatoms. The molecule has 21 heavy (non-hydrogen) atoms. The predicted molar refractivity (Wildman–Crippen MR) is 82.4 cm³/mol. The van der Waals surface area contributed by atoms with Gasteiger partial charge in [-0.25, -0.2) is 0 Å². The molecule has 110 valence electrons. The van der Waals surface area contributed by atoms with Gasteiger partial charge in [0.2, 0.25) is 0 Å². The summed E-state index contributed by atoms with van der Waals surface area (Å²) in [5.41, 5.74) is 2.52. The minimum absolute atomic E-state index is 0.706. The fourth-order valence-electron chi connectivity index (χ4n) is 2.79. The van der Waals surface area contributed by atoms with Gasteiger partial charge in [0, 0.05) is 36.4 Å². The van der Waals surface area contributed by atoms with Crippen LogP contribution >= 0.6 is 11.6 Å². The average Bonchev–Trinajstić information content (AvgIpc) is 3.21. The third-order valence-electron chi connectivity index (χ3n) is 4.19. The lowest BCUT2D eigenvalue weighted by atomic mass is 10.1. The molecule has 1 fully saturated rings. The molecule has 1 aromatic carbocycles. The molecular weight excluding hydrogens is 286 g/mol. The first-order valence-electron chi connectivity index (χ1n) is 7.43. The molecule has 0 saturated heterocycles. The van der Waals surface area contributed by atoms with Crippen LogP contribution in [0.4, 0.5) is 5.69 Å². The van der Waals surface area contributed by atoms with Gasteiger partial charge < -0.3 is 14.8 Å².